The third-order valence-electron chi connectivity index (χ3n) is 5.16. The Labute approximate surface area is 131 Å². The molecule has 0 amide bonds. The van der Waals surface area contributed by atoms with Crippen molar-refractivity contribution in [2.45, 2.75) is 90.0 Å². The molecule has 21 heavy (non-hydrogen) atoms. The van der Waals surface area contributed by atoms with Crippen LogP contribution in [0.15, 0.2) is 18.2 Å². The standard InChI is InChI=1S/C20H33N/c1-3-5-6-7-10-17-15-18(14-13-16(17)4-2)19-11-8-9-12-20(19)21/h13-15,19-20H,3-12,21H2,1-2H3. The van der Waals surface area contributed by atoms with Crippen LogP contribution in [-0.4, -0.2) is 6.04 Å². The molecular formula is C20H33N. The highest BCUT2D eigenvalue weighted by Crippen LogP contribution is 2.33. The van der Waals surface area contributed by atoms with Gasteiger partial charge < -0.3 is 5.73 Å². The van der Waals surface area contributed by atoms with Crippen molar-refractivity contribution in [1.29, 1.82) is 0 Å². The molecule has 1 aliphatic rings. The first-order valence-corrected chi connectivity index (χ1v) is 9.13. The van der Waals surface area contributed by atoms with E-state index in [0.717, 1.165) is 6.42 Å². The molecule has 1 aromatic rings. The molecule has 0 saturated heterocycles. The Balaban J connectivity index is 2.08. The summed E-state index contributed by atoms with van der Waals surface area (Å²) in [6, 6.07) is 7.58. The zero-order chi connectivity index (χ0) is 15.1. The highest BCUT2D eigenvalue weighted by atomic mass is 14.7. The SMILES string of the molecule is CCCCCCc1cc(C2CCCCC2N)ccc1CC. The molecule has 2 unspecified atom stereocenters. The summed E-state index contributed by atoms with van der Waals surface area (Å²) in [7, 11) is 0. The van der Waals surface area contributed by atoms with E-state index in [4.69, 9.17) is 5.73 Å². The minimum absolute atomic E-state index is 0.374. The predicted molar refractivity (Wildman–Crippen MR) is 92.9 cm³/mol. The molecule has 1 aromatic carbocycles. The Morgan fingerprint density at radius 1 is 1.00 bits per heavy atom. The minimum atomic E-state index is 0.374. The van der Waals surface area contributed by atoms with Gasteiger partial charge in [-0.15, -0.1) is 0 Å². The van der Waals surface area contributed by atoms with Gasteiger partial charge in [0.05, 0.1) is 0 Å². The summed E-state index contributed by atoms with van der Waals surface area (Å²) in [6.45, 7) is 4.56. The van der Waals surface area contributed by atoms with Crippen LogP contribution in [0.2, 0.25) is 0 Å². The summed E-state index contributed by atoms with van der Waals surface area (Å²) in [5.41, 5.74) is 11.0. The van der Waals surface area contributed by atoms with E-state index in [2.05, 4.69) is 32.0 Å². The van der Waals surface area contributed by atoms with Gasteiger partial charge in [0.2, 0.25) is 0 Å². The van der Waals surface area contributed by atoms with E-state index >= 15 is 0 Å². The lowest BCUT2D eigenvalue weighted by molar-refractivity contribution is 0.385. The molecule has 118 valence electrons. The van der Waals surface area contributed by atoms with Gasteiger partial charge in [-0.25, -0.2) is 0 Å². The Hall–Kier alpha value is -0.820. The summed E-state index contributed by atoms with van der Waals surface area (Å²) in [4.78, 5) is 0. The van der Waals surface area contributed by atoms with E-state index in [1.54, 1.807) is 11.1 Å². The Kier molecular flexibility index (Phi) is 6.76. The highest BCUT2D eigenvalue weighted by Gasteiger charge is 2.23. The quantitative estimate of drug-likeness (QED) is 0.671. The second kappa shape index (κ2) is 8.58. The topological polar surface area (TPSA) is 26.0 Å². The van der Waals surface area contributed by atoms with Crippen molar-refractivity contribution < 1.29 is 0 Å². The van der Waals surface area contributed by atoms with Crippen LogP contribution in [0.4, 0.5) is 0 Å². The third-order valence-corrected chi connectivity index (χ3v) is 5.16. The van der Waals surface area contributed by atoms with Crippen LogP contribution in [0.1, 0.15) is 87.8 Å². The average molecular weight is 287 g/mol. The van der Waals surface area contributed by atoms with Crippen LogP contribution < -0.4 is 5.73 Å². The van der Waals surface area contributed by atoms with Gasteiger partial charge in [0.15, 0.2) is 0 Å². The molecule has 1 heteroatoms. The molecule has 0 spiro atoms. The van der Waals surface area contributed by atoms with Crippen LogP contribution in [-0.2, 0) is 12.8 Å². The zero-order valence-corrected chi connectivity index (χ0v) is 14.0. The van der Waals surface area contributed by atoms with Gasteiger partial charge in [0.1, 0.15) is 0 Å². The van der Waals surface area contributed by atoms with Gasteiger partial charge in [-0.3, -0.25) is 0 Å². The molecule has 0 heterocycles. The van der Waals surface area contributed by atoms with Gasteiger partial charge in [-0.2, -0.15) is 0 Å². The summed E-state index contributed by atoms with van der Waals surface area (Å²) >= 11 is 0. The van der Waals surface area contributed by atoms with E-state index in [1.165, 1.54) is 63.4 Å². The molecule has 1 saturated carbocycles. The van der Waals surface area contributed by atoms with Crippen molar-refractivity contribution in [2.24, 2.45) is 5.73 Å². The molecule has 0 aliphatic heterocycles. The summed E-state index contributed by atoms with van der Waals surface area (Å²) in [5, 5.41) is 0. The normalized spacial score (nSPS) is 22.4. The van der Waals surface area contributed by atoms with E-state index in [9.17, 15) is 0 Å². The van der Waals surface area contributed by atoms with Gasteiger partial charge >= 0.3 is 0 Å². The molecular weight excluding hydrogens is 254 g/mol. The van der Waals surface area contributed by atoms with E-state index < -0.39 is 0 Å². The first-order chi connectivity index (χ1) is 10.3. The van der Waals surface area contributed by atoms with Crippen molar-refractivity contribution >= 4 is 0 Å². The smallest absolute Gasteiger partial charge is 0.0108 e. The Bertz CT molecular complexity index is 424. The molecule has 0 aromatic heterocycles. The number of nitrogens with two attached hydrogens (primary N) is 1. The van der Waals surface area contributed by atoms with Crippen molar-refractivity contribution in [3.05, 3.63) is 34.9 Å². The number of hydrogen-bond acceptors (Lipinski definition) is 1. The van der Waals surface area contributed by atoms with Crippen molar-refractivity contribution in [3.63, 3.8) is 0 Å². The Morgan fingerprint density at radius 2 is 1.81 bits per heavy atom. The van der Waals surface area contributed by atoms with E-state index in [0.29, 0.717) is 12.0 Å². The zero-order valence-electron chi connectivity index (χ0n) is 14.0. The summed E-state index contributed by atoms with van der Waals surface area (Å²) < 4.78 is 0. The molecule has 1 nitrogen and oxygen atoms in total. The fourth-order valence-corrected chi connectivity index (χ4v) is 3.77. The second-order valence-electron chi connectivity index (χ2n) is 6.75. The highest BCUT2D eigenvalue weighted by molar-refractivity contribution is 5.35. The van der Waals surface area contributed by atoms with Gasteiger partial charge in [0.25, 0.3) is 0 Å². The van der Waals surface area contributed by atoms with Crippen LogP contribution in [0.3, 0.4) is 0 Å². The van der Waals surface area contributed by atoms with Gasteiger partial charge in [-0.05, 0) is 54.7 Å². The molecule has 2 atom stereocenters. The lowest BCUT2D eigenvalue weighted by Gasteiger charge is -2.29. The third kappa shape index (κ3) is 4.57. The van der Waals surface area contributed by atoms with Gasteiger partial charge in [-0.1, -0.05) is 64.2 Å². The first-order valence-electron chi connectivity index (χ1n) is 9.13. The van der Waals surface area contributed by atoms with E-state index in [1.807, 2.05) is 0 Å². The largest absolute Gasteiger partial charge is 0.327 e. The maximum absolute atomic E-state index is 6.37. The Morgan fingerprint density at radius 3 is 2.52 bits per heavy atom. The van der Waals surface area contributed by atoms with Crippen LogP contribution >= 0.6 is 0 Å². The summed E-state index contributed by atoms with van der Waals surface area (Å²) in [6.07, 6.45) is 12.9. The van der Waals surface area contributed by atoms with Crippen LogP contribution in [0.25, 0.3) is 0 Å². The molecule has 1 fully saturated rings. The lowest BCUT2D eigenvalue weighted by atomic mass is 9.79. The van der Waals surface area contributed by atoms with Crippen molar-refractivity contribution in [3.8, 4) is 0 Å². The second-order valence-corrected chi connectivity index (χ2v) is 6.75. The number of hydrogen-bond donors (Lipinski definition) is 1. The fourth-order valence-electron chi connectivity index (χ4n) is 3.77. The van der Waals surface area contributed by atoms with Gasteiger partial charge in [0, 0.05) is 6.04 Å². The fraction of sp³-hybridized carbons (Fsp3) is 0.700. The number of unbranched alkanes of at least 4 members (excludes halogenated alkanes) is 3. The maximum atomic E-state index is 6.37. The minimum Gasteiger partial charge on any atom is -0.327 e. The maximum Gasteiger partial charge on any atom is 0.0108 e. The van der Waals surface area contributed by atoms with E-state index in [-0.39, 0.29) is 0 Å². The van der Waals surface area contributed by atoms with Crippen molar-refractivity contribution in [2.75, 3.05) is 0 Å². The lowest BCUT2D eigenvalue weighted by Crippen LogP contribution is -2.31. The average Bonchev–Trinajstić information content (AvgIpc) is 2.52. The predicted octanol–water partition coefficient (Wildman–Crippen LogP) is 5.36. The number of aryl methyl sites for hydroxylation is 2. The molecule has 0 radical (unpaired) electrons. The summed E-state index contributed by atoms with van der Waals surface area (Å²) in [5.74, 6) is 0.596. The monoisotopic (exact) mass is 287 g/mol. The first kappa shape index (κ1) is 16.5. The number of rotatable bonds is 7. The van der Waals surface area contributed by atoms with Crippen molar-refractivity contribution in [1.82, 2.24) is 0 Å². The molecule has 2 N–H and O–H groups in total. The molecule has 1 aliphatic carbocycles. The van der Waals surface area contributed by atoms with Crippen LogP contribution in [0.5, 0.6) is 0 Å². The molecule has 0 bridgehead atoms. The molecule has 2 rings (SSSR count). The number of benzene rings is 1. The van der Waals surface area contributed by atoms with Crippen LogP contribution in [0, 0.1) is 0 Å².